The monoisotopic (exact) mass is 337 g/mol. The Hall–Kier alpha value is -1.69. The first-order valence-electron chi connectivity index (χ1n) is 6.04. The SMILES string of the molecule is Cc1cc(NC(=O)c2nsc(Cl)c2Cl)c2ccccc2n1. The summed E-state index contributed by atoms with van der Waals surface area (Å²) in [6.45, 7) is 1.87. The van der Waals surface area contributed by atoms with Crippen LogP contribution in [0, 0.1) is 6.92 Å². The van der Waals surface area contributed by atoms with Crippen molar-refractivity contribution in [3.63, 3.8) is 0 Å². The molecule has 0 aliphatic carbocycles. The summed E-state index contributed by atoms with van der Waals surface area (Å²) >= 11 is 12.8. The van der Waals surface area contributed by atoms with Gasteiger partial charge in [-0.25, -0.2) is 0 Å². The Balaban J connectivity index is 2.02. The number of aromatic nitrogens is 2. The van der Waals surface area contributed by atoms with Gasteiger partial charge < -0.3 is 5.32 Å². The van der Waals surface area contributed by atoms with Gasteiger partial charge in [-0.15, -0.1) is 0 Å². The van der Waals surface area contributed by atoms with Crippen LogP contribution in [0.25, 0.3) is 10.9 Å². The largest absolute Gasteiger partial charge is 0.320 e. The van der Waals surface area contributed by atoms with Crippen LogP contribution in [0.5, 0.6) is 0 Å². The van der Waals surface area contributed by atoms with Crippen molar-refractivity contribution < 1.29 is 4.79 Å². The van der Waals surface area contributed by atoms with Crippen LogP contribution >= 0.6 is 34.7 Å². The number of hydrogen-bond acceptors (Lipinski definition) is 4. The number of para-hydroxylation sites is 1. The summed E-state index contributed by atoms with van der Waals surface area (Å²) < 4.78 is 4.27. The van der Waals surface area contributed by atoms with Gasteiger partial charge in [0.25, 0.3) is 5.91 Å². The summed E-state index contributed by atoms with van der Waals surface area (Å²) in [5.74, 6) is -0.390. The smallest absolute Gasteiger partial charge is 0.277 e. The molecule has 3 aromatic rings. The van der Waals surface area contributed by atoms with E-state index >= 15 is 0 Å². The van der Waals surface area contributed by atoms with Gasteiger partial charge in [0.15, 0.2) is 5.69 Å². The van der Waals surface area contributed by atoms with E-state index in [1.165, 1.54) is 0 Å². The third-order valence-electron chi connectivity index (χ3n) is 2.91. The van der Waals surface area contributed by atoms with E-state index in [2.05, 4.69) is 14.7 Å². The zero-order valence-corrected chi connectivity index (χ0v) is 13.2. The molecular formula is C14H9Cl2N3OS. The van der Waals surface area contributed by atoms with E-state index in [4.69, 9.17) is 23.2 Å². The van der Waals surface area contributed by atoms with E-state index in [1.807, 2.05) is 37.3 Å². The molecule has 2 heterocycles. The van der Waals surface area contributed by atoms with Crippen LogP contribution in [0.4, 0.5) is 5.69 Å². The molecular weight excluding hydrogens is 329 g/mol. The summed E-state index contributed by atoms with van der Waals surface area (Å²) in [5, 5.41) is 3.85. The fourth-order valence-corrected chi connectivity index (χ4v) is 2.99. The normalized spacial score (nSPS) is 10.8. The molecule has 3 rings (SSSR count). The van der Waals surface area contributed by atoms with Crippen molar-refractivity contribution in [3.05, 3.63) is 51.1 Å². The molecule has 0 atom stereocenters. The number of amides is 1. The first-order chi connectivity index (χ1) is 10.1. The second-order valence-electron chi connectivity index (χ2n) is 4.40. The number of hydrogen-bond donors (Lipinski definition) is 1. The number of anilines is 1. The first-order valence-corrected chi connectivity index (χ1v) is 7.57. The lowest BCUT2D eigenvalue weighted by Gasteiger charge is -2.08. The van der Waals surface area contributed by atoms with Crippen molar-refractivity contribution >= 4 is 57.2 Å². The number of pyridine rings is 1. The number of benzene rings is 1. The minimum atomic E-state index is -0.390. The molecule has 106 valence electrons. The molecule has 0 bridgehead atoms. The Morgan fingerprint density at radius 1 is 1.29 bits per heavy atom. The highest BCUT2D eigenvalue weighted by Crippen LogP contribution is 2.30. The number of nitrogens with zero attached hydrogens (tertiary/aromatic N) is 2. The molecule has 21 heavy (non-hydrogen) atoms. The number of nitrogens with one attached hydrogen (secondary N) is 1. The maximum Gasteiger partial charge on any atom is 0.277 e. The van der Waals surface area contributed by atoms with Crippen LogP contribution in [0.3, 0.4) is 0 Å². The van der Waals surface area contributed by atoms with Gasteiger partial charge in [0, 0.05) is 11.1 Å². The number of fused-ring (bicyclic) bond motifs is 1. The van der Waals surface area contributed by atoms with Gasteiger partial charge in [0.05, 0.1) is 11.2 Å². The maximum atomic E-state index is 12.3. The van der Waals surface area contributed by atoms with E-state index in [9.17, 15) is 4.79 Å². The summed E-state index contributed by atoms with van der Waals surface area (Å²) in [6, 6.07) is 9.39. The van der Waals surface area contributed by atoms with E-state index in [-0.39, 0.29) is 16.6 Å². The van der Waals surface area contributed by atoms with Crippen LogP contribution in [-0.2, 0) is 0 Å². The average molecular weight is 338 g/mol. The molecule has 0 saturated heterocycles. The molecule has 0 radical (unpaired) electrons. The van der Waals surface area contributed by atoms with Crippen LogP contribution < -0.4 is 5.32 Å². The highest BCUT2D eigenvalue weighted by atomic mass is 35.5. The van der Waals surface area contributed by atoms with Crippen LogP contribution in [0.2, 0.25) is 9.36 Å². The molecule has 0 aliphatic heterocycles. The van der Waals surface area contributed by atoms with Crippen LogP contribution in [-0.4, -0.2) is 15.3 Å². The standard InChI is InChI=1S/C14H9Cl2N3OS/c1-7-6-10(8-4-2-3-5-9(8)17-7)18-14(20)12-11(15)13(16)21-19-12/h2-6H,1H3,(H,17,18,20). The lowest BCUT2D eigenvalue weighted by Crippen LogP contribution is -2.13. The number of carbonyl (C=O) groups is 1. The molecule has 0 aliphatic rings. The molecule has 7 heteroatoms. The molecule has 1 N–H and O–H groups in total. The summed E-state index contributed by atoms with van der Waals surface area (Å²) in [4.78, 5) is 16.7. The number of rotatable bonds is 2. The maximum absolute atomic E-state index is 12.3. The van der Waals surface area contributed by atoms with Gasteiger partial charge >= 0.3 is 0 Å². The fraction of sp³-hybridized carbons (Fsp3) is 0.0714. The molecule has 0 fully saturated rings. The van der Waals surface area contributed by atoms with Gasteiger partial charge in [-0.3, -0.25) is 9.78 Å². The second kappa shape index (κ2) is 5.60. The van der Waals surface area contributed by atoms with Crippen LogP contribution in [0.1, 0.15) is 16.2 Å². The average Bonchev–Trinajstić information content (AvgIpc) is 2.79. The van der Waals surface area contributed by atoms with Crippen molar-refractivity contribution in [1.82, 2.24) is 9.36 Å². The fourth-order valence-electron chi connectivity index (χ4n) is 1.99. The summed E-state index contributed by atoms with van der Waals surface area (Å²) in [5.41, 5.74) is 2.43. The molecule has 0 spiro atoms. The minimum Gasteiger partial charge on any atom is -0.320 e. The Morgan fingerprint density at radius 3 is 2.76 bits per heavy atom. The third kappa shape index (κ3) is 2.72. The van der Waals surface area contributed by atoms with Gasteiger partial charge in [-0.1, -0.05) is 41.4 Å². The predicted molar refractivity (Wildman–Crippen MR) is 86.6 cm³/mol. The minimum absolute atomic E-state index is 0.130. The molecule has 1 aromatic carbocycles. The number of carbonyl (C=O) groups excluding carboxylic acids is 1. The Labute approximate surface area is 134 Å². The van der Waals surface area contributed by atoms with E-state index in [0.717, 1.165) is 28.1 Å². The Bertz CT molecular complexity index is 847. The van der Waals surface area contributed by atoms with Crippen molar-refractivity contribution in [2.75, 3.05) is 5.32 Å². The molecule has 2 aromatic heterocycles. The van der Waals surface area contributed by atoms with Crippen molar-refractivity contribution in [2.24, 2.45) is 0 Å². The van der Waals surface area contributed by atoms with Gasteiger partial charge in [-0.2, -0.15) is 4.37 Å². The predicted octanol–water partition coefficient (Wildman–Crippen LogP) is 4.56. The first kappa shape index (κ1) is 14.3. The summed E-state index contributed by atoms with van der Waals surface area (Å²) in [6.07, 6.45) is 0. The lowest BCUT2D eigenvalue weighted by molar-refractivity contribution is 0.102. The number of halogens is 2. The van der Waals surface area contributed by atoms with Crippen molar-refractivity contribution in [2.45, 2.75) is 6.92 Å². The number of aryl methyl sites for hydroxylation is 1. The quantitative estimate of drug-likeness (QED) is 0.745. The van der Waals surface area contributed by atoms with Crippen molar-refractivity contribution in [3.8, 4) is 0 Å². The van der Waals surface area contributed by atoms with Gasteiger partial charge in [0.2, 0.25) is 0 Å². The van der Waals surface area contributed by atoms with Gasteiger partial charge in [-0.05, 0) is 30.6 Å². The van der Waals surface area contributed by atoms with Gasteiger partial charge in [0.1, 0.15) is 9.36 Å². The zero-order valence-electron chi connectivity index (χ0n) is 10.9. The molecule has 1 amide bonds. The third-order valence-corrected chi connectivity index (χ3v) is 4.52. The highest BCUT2D eigenvalue weighted by Gasteiger charge is 2.18. The molecule has 0 unspecified atom stereocenters. The second-order valence-corrected chi connectivity index (χ2v) is 6.15. The van der Waals surface area contributed by atoms with E-state index in [0.29, 0.717) is 10.0 Å². The molecule has 0 saturated carbocycles. The summed E-state index contributed by atoms with van der Waals surface area (Å²) in [7, 11) is 0. The van der Waals surface area contributed by atoms with E-state index in [1.54, 1.807) is 0 Å². The highest BCUT2D eigenvalue weighted by molar-refractivity contribution is 7.11. The van der Waals surface area contributed by atoms with Crippen molar-refractivity contribution in [1.29, 1.82) is 0 Å². The Morgan fingerprint density at radius 2 is 2.05 bits per heavy atom. The molecule has 4 nitrogen and oxygen atoms in total. The Kier molecular flexibility index (Phi) is 3.80. The van der Waals surface area contributed by atoms with E-state index < -0.39 is 0 Å². The van der Waals surface area contributed by atoms with Crippen LogP contribution in [0.15, 0.2) is 30.3 Å². The topological polar surface area (TPSA) is 54.9 Å². The zero-order chi connectivity index (χ0) is 15.0. The lowest BCUT2D eigenvalue weighted by atomic mass is 10.1.